The Balaban J connectivity index is -0.000000231. The van der Waals surface area contributed by atoms with Gasteiger partial charge in [-0.25, -0.2) is 0 Å². The van der Waals surface area contributed by atoms with Crippen molar-refractivity contribution in [3.05, 3.63) is 81.5 Å². The van der Waals surface area contributed by atoms with E-state index in [0.717, 1.165) is 5.56 Å². The molecule has 1 aromatic rings. The van der Waals surface area contributed by atoms with E-state index >= 15 is 0 Å². The molecule has 0 aromatic heterocycles. The summed E-state index contributed by atoms with van der Waals surface area (Å²) in [6, 6.07) is 12.0. The molecule has 0 amide bonds. The zero-order valence-corrected chi connectivity index (χ0v) is 13.5. The van der Waals surface area contributed by atoms with Gasteiger partial charge in [0.1, 0.15) is 0 Å². The maximum Gasteiger partial charge on any atom is 0 e. The second-order valence-electron chi connectivity index (χ2n) is 3.37. The van der Waals surface area contributed by atoms with Gasteiger partial charge in [-0.05, 0) is 31.7 Å². The van der Waals surface area contributed by atoms with Crippen molar-refractivity contribution in [3.8, 4) is 6.07 Å². The van der Waals surface area contributed by atoms with Crippen molar-refractivity contribution >= 4 is 0 Å². The molecule has 5 nitrogen and oxygen atoms in total. The van der Waals surface area contributed by atoms with E-state index in [1.54, 1.807) is 6.42 Å². The van der Waals surface area contributed by atoms with Crippen LogP contribution in [0, 0.1) is 57.0 Å². The van der Waals surface area contributed by atoms with E-state index in [1.807, 2.05) is 56.2 Å². The van der Waals surface area contributed by atoms with Crippen molar-refractivity contribution < 1.29 is 35.8 Å². The number of ether oxygens (including phenoxy) is 1. The fourth-order valence-electron chi connectivity index (χ4n) is 1.18. The first-order valence-electron chi connectivity index (χ1n) is 5.82. The monoisotopic (exact) mass is 353 g/mol. The topological polar surface area (TPSA) is 92.7 Å². The largest absolute Gasteiger partial charge is 0 e. The molecule has 0 aliphatic rings. The van der Waals surface area contributed by atoms with E-state index in [4.69, 9.17) is 24.0 Å². The maximum absolute atomic E-state index is 8.28. The quantitative estimate of drug-likeness (QED) is 0.326. The second kappa shape index (κ2) is 28.6. The van der Waals surface area contributed by atoms with Gasteiger partial charge in [-0.3, -0.25) is 0 Å². The fourth-order valence-corrected chi connectivity index (χ4v) is 1.18. The molecule has 0 saturated carbocycles. The van der Waals surface area contributed by atoms with Crippen molar-refractivity contribution in [1.82, 2.24) is 0 Å². The van der Waals surface area contributed by atoms with E-state index in [1.165, 1.54) is 6.42 Å². The molecule has 0 N–H and O–H groups in total. The Labute approximate surface area is 148 Å². The van der Waals surface area contributed by atoms with Crippen molar-refractivity contribution in [2.75, 3.05) is 0 Å². The van der Waals surface area contributed by atoms with Crippen molar-refractivity contribution in [2.24, 2.45) is 0 Å². The van der Waals surface area contributed by atoms with Crippen LogP contribution in [0.15, 0.2) is 30.3 Å². The molecule has 1 rings (SSSR count). The molecule has 6 heteroatoms. The van der Waals surface area contributed by atoms with Crippen LogP contribution in [0.2, 0.25) is 0 Å². The molecule has 0 heterocycles. The Morgan fingerprint density at radius 3 is 2.09 bits per heavy atom. The van der Waals surface area contributed by atoms with Gasteiger partial charge in [0.2, 0.25) is 0 Å². The maximum atomic E-state index is 8.28. The van der Waals surface area contributed by atoms with Crippen LogP contribution in [-0.2, 0) is 42.4 Å². The van der Waals surface area contributed by atoms with E-state index in [0.29, 0.717) is 6.61 Å². The van der Waals surface area contributed by atoms with Gasteiger partial charge < -0.3 is 4.74 Å². The molecule has 0 aliphatic heterocycles. The number of hydrogen-bond acceptors (Lipinski definition) is 2. The Bertz CT molecular complexity index is 423. The summed E-state index contributed by atoms with van der Waals surface area (Å²) in [5.41, 5.74) is 1.16. The minimum Gasteiger partial charge on any atom is 0 e. The number of hydrogen-bond donors (Lipinski definition) is 0. The standard InChI is InChI=1S/C14H15NO.3CO.Fe/c1-13(8-4-3-7-11-15)16-12-14-9-5-2-6-10-14;3*1-2;/h2-10,13H,12H2,1H3;;;;/t13-;;;;/m0..../s1. The summed E-state index contributed by atoms with van der Waals surface area (Å²) in [6.07, 6.45) is 6.90. The van der Waals surface area contributed by atoms with Crippen molar-refractivity contribution in [1.29, 1.82) is 5.26 Å². The first-order chi connectivity index (χ1) is 10.8. The Kier molecular flexibility index (Phi) is 36.5. The molecule has 0 unspecified atom stereocenters. The molecule has 4 radical (unpaired) electrons. The van der Waals surface area contributed by atoms with Gasteiger partial charge in [0.25, 0.3) is 0 Å². The van der Waals surface area contributed by atoms with Crippen LogP contribution >= 0.6 is 0 Å². The molecule has 0 fully saturated rings. The molecular weight excluding hydrogens is 338 g/mol. The summed E-state index contributed by atoms with van der Waals surface area (Å²) < 4.78 is 28.1. The minimum atomic E-state index is 0. The second-order valence-corrected chi connectivity index (χ2v) is 3.37. The van der Waals surface area contributed by atoms with E-state index in [2.05, 4.69) is 20.0 Å². The molecule has 1 atom stereocenters. The predicted octanol–water partition coefficient (Wildman–Crippen LogP) is 2.82. The Hall–Kier alpha value is -1.59. The summed E-state index contributed by atoms with van der Waals surface area (Å²) >= 11 is 0. The normalized spacial score (nSPS) is 8.61. The Morgan fingerprint density at radius 2 is 1.61 bits per heavy atom. The van der Waals surface area contributed by atoms with Crippen LogP contribution in [0.3, 0.4) is 0 Å². The first kappa shape index (κ1) is 29.4. The molecular formula is C17H15FeNO4. The number of nitrogens with zero attached hydrogens (tertiary/aromatic N) is 1. The van der Waals surface area contributed by atoms with Gasteiger partial charge in [0.05, 0.1) is 25.2 Å². The fraction of sp³-hybridized carbons (Fsp3) is 0.176. The number of rotatable bonds is 7. The van der Waals surface area contributed by atoms with Gasteiger partial charge in [-0.2, -0.15) is 5.26 Å². The summed E-state index contributed by atoms with van der Waals surface area (Å²) in [5.74, 6) is 0. The summed E-state index contributed by atoms with van der Waals surface area (Å²) in [5, 5.41) is 8.28. The molecule has 0 saturated heterocycles. The Morgan fingerprint density at radius 1 is 1.09 bits per heavy atom. The van der Waals surface area contributed by atoms with Crippen LogP contribution in [0.1, 0.15) is 12.5 Å². The number of nitriles is 1. The van der Waals surface area contributed by atoms with Crippen molar-refractivity contribution in [3.63, 3.8) is 0 Å². The van der Waals surface area contributed by atoms with E-state index in [9.17, 15) is 0 Å². The molecule has 0 aliphatic carbocycles. The smallest absolute Gasteiger partial charge is 0 e. The predicted molar refractivity (Wildman–Crippen MR) is 75.3 cm³/mol. The summed E-state index contributed by atoms with van der Waals surface area (Å²) in [6.45, 7) is 16.1. The molecule has 1 aromatic carbocycles. The number of unbranched alkanes of at least 4 members (excludes halogenated alkanes) is 2. The third-order valence-corrected chi connectivity index (χ3v) is 2.02. The molecule has 120 valence electrons. The summed E-state index contributed by atoms with van der Waals surface area (Å²) in [4.78, 5) is 0. The van der Waals surface area contributed by atoms with Crippen LogP contribution in [0.4, 0.5) is 0 Å². The zero-order chi connectivity index (χ0) is 17.6. The van der Waals surface area contributed by atoms with Gasteiger partial charge in [-0.1, -0.05) is 30.3 Å². The van der Waals surface area contributed by atoms with Gasteiger partial charge >= 0.3 is 33.9 Å². The molecule has 0 spiro atoms. The van der Waals surface area contributed by atoms with Crippen LogP contribution < -0.4 is 0 Å². The third kappa shape index (κ3) is 22.8. The molecule has 0 bridgehead atoms. The average Bonchev–Trinajstić information content (AvgIpc) is 2.63. The molecule has 23 heavy (non-hydrogen) atoms. The van der Waals surface area contributed by atoms with Gasteiger partial charge in [-0.15, -0.1) is 0 Å². The van der Waals surface area contributed by atoms with Gasteiger partial charge in [0.15, 0.2) is 0 Å². The minimum absolute atomic E-state index is 0. The van der Waals surface area contributed by atoms with Gasteiger partial charge in [0, 0.05) is 17.1 Å². The van der Waals surface area contributed by atoms with E-state index < -0.39 is 0 Å². The SMILES string of the molecule is C[C@@H]([CH][CH][CH][CH]C#N)OCc1ccccc1.[C-]#[O+].[C-]#[O+].[C-]#[O+].[Fe]. The van der Waals surface area contributed by atoms with E-state index in [-0.39, 0.29) is 23.2 Å². The van der Waals surface area contributed by atoms with Crippen LogP contribution in [0.5, 0.6) is 0 Å². The average molecular weight is 353 g/mol. The first-order valence-corrected chi connectivity index (χ1v) is 5.82. The van der Waals surface area contributed by atoms with Crippen molar-refractivity contribution in [2.45, 2.75) is 19.6 Å². The number of benzene rings is 1. The van der Waals surface area contributed by atoms with Crippen LogP contribution in [-0.4, -0.2) is 6.10 Å². The third-order valence-electron chi connectivity index (χ3n) is 2.02. The summed E-state index contributed by atoms with van der Waals surface area (Å²) in [7, 11) is 0. The zero-order valence-electron chi connectivity index (χ0n) is 12.4. The van der Waals surface area contributed by atoms with Crippen LogP contribution in [0.25, 0.3) is 0 Å².